The third kappa shape index (κ3) is 6.28. The molecule has 2 aromatic carbocycles. The summed E-state index contributed by atoms with van der Waals surface area (Å²) in [5, 5.41) is 61.6. The number of ether oxygens (including phenoxy) is 9. The Balaban J connectivity index is 1.08. The Morgan fingerprint density at radius 2 is 1.36 bits per heavy atom. The van der Waals surface area contributed by atoms with Gasteiger partial charge in [-0.2, -0.15) is 0 Å². The summed E-state index contributed by atoms with van der Waals surface area (Å²) in [5.74, 6) is 1.11. The van der Waals surface area contributed by atoms with Gasteiger partial charge in [0, 0.05) is 12.0 Å². The van der Waals surface area contributed by atoms with Crippen LogP contribution in [0, 0.1) is 11.8 Å². The van der Waals surface area contributed by atoms with Crippen molar-refractivity contribution >= 4 is 5.97 Å². The first-order chi connectivity index (χ1) is 22.7. The molecule has 0 saturated carbocycles. The minimum absolute atomic E-state index is 0.0375. The lowest BCUT2D eigenvalue weighted by Gasteiger charge is -2.40. The number of fused-ring (bicyclic) bond motifs is 2. The van der Waals surface area contributed by atoms with Crippen molar-refractivity contribution in [3.8, 4) is 28.7 Å². The van der Waals surface area contributed by atoms with Crippen LogP contribution in [-0.4, -0.2) is 125 Å². The number of benzene rings is 2. The summed E-state index contributed by atoms with van der Waals surface area (Å²) in [7, 11) is 0. The fourth-order valence-corrected chi connectivity index (χ4v) is 6.37. The van der Waals surface area contributed by atoms with Crippen LogP contribution in [0.4, 0.5) is 0 Å². The van der Waals surface area contributed by atoms with Crippen molar-refractivity contribution in [2.75, 3.05) is 33.4 Å². The average Bonchev–Trinajstić information content (AvgIpc) is 3.86. The summed E-state index contributed by atoms with van der Waals surface area (Å²) < 4.78 is 50.2. The summed E-state index contributed by atoms with van der Waals surface area (Å²) in [4.78, 5) is 13.0. The topological polar surface area (TPSA) is 222 Å². The molecule has 2 aromatic rings. The summed E-state index contributed by atoms with van der Waals surface area (Å²) >= 11 is 0. The van der Waals surface area contributed by atoms with Crippen LogP contribution in [-0.2, 0) is 36.6 Å². The van der Waals surface area contributed by atoms with E-state index in [4.69, 9.17) is 42.6 Å². The maximum Gasteiger partial charge on any atom is 0.309 e. The molecule has 16 heteroatoms. The number of carbonyl (C=O) groups excluding carboxylic acids is 1. The molecule has 0 radical (unpaired) electrons. The first-order valence-electron chi connectivity index (χ1n) is 15.3. The molecule has 11 atom stereocenters. The minimum Gasteiger partial charge on any atom is -0.465 e. The fourth-order valence-electron chi connectivity index (χ4n) is 6.37. The number of esters is 1. The number of hydrogen-bond donors (Lipinski definition) is 6. The maximum absolute atomic E-state index is 13.0. The van der Waals surface area contributed by atoms with Crippen LogP contribution in [0.1, 0.15) is 11.1 Å². The third-order valence-electron chi connectivity index (χ3n) is 9.08. The van der Waals surface area contributed by atoms with Gasteiger partial charge < -0.3 is 73.3 Å². The lowest BCUT2D eigenvalue weighted by Crippen LogP contribution is -2.60. The fraction of sp³-hybridized carbons (Fsp3) is 0.581. The predicted octanol–water partition coefficient (Wildman–Crippen LogP) is -1.64. The highest BCUT2D eigenvalue weighted by molar-refractivity contribution is 5.75. The summed E-state index contributed by atoms with van der Waals surface area (Å²) in [6.07, 6.45) is -12.4. The van der Waals surface area contributed by atoms with E-state index in [0.717, 1.165) is 5.56 Å². The Morgan fingerprint density at radius 3 is 2.11 bits per heavy atom. The Bertz CT molecular complexity index is 1450. The smallest absolute Gasteiger partial charge is 0.309 e. The molecule has 0 unspecified atom stereocenters. The van der Waals surface area contributed by atoms with Gasteiger partial charge in [0.25, 0.3) is 0 Å². The van der Waals surface area contributed by atoms with Gasteiger partial charge in [0.2, 0.25) is 19.9 Å². The van der Waals surface area contributed by atoms with E-state index in [1.54, 1.807) is 6.07 Å². The number of hydrogen-bond acceptors (Lipinski definition) is 16. The largest absolute Gasteiger partial charge is 0.465 e. The van der Waals surface area contributed by atoms with E-state index >= 15 is 0 Å². The zero-order valence-electron chi connectivity index (χ0n) is 25.0. The number of carbonyl (C=O) groups is 1. The van der Waals surface area contributed by atoms with Crippen molar-refractivity contribution in [3.63, 3.8) is 0 Å². The highest BCUT2D eigenvalue weighted by atomic mass is 16.7. The van der Waals surface area contributed by atoms with Crippen molar-refractivity contribution < 1.29 is 78.1 Å². The number of aliphatic hydroxyl groups excluding tert-OH is 6. The highest BCUT2D eigenvalue weighted by Gasteiger charge is 2.48. The molecule has 0 aliphatic carbocycles. The zero-order valence-corrected chi connectivity index (χ0v) is 25.0. The van der Waals surface area contributed by atoms with Crippen LogP contribution in [0.5, 0.6) is 28.7 Å². The van der Waals surface area contributed by atoms with Gasteiger partial charge in [-0.25, -0.2) is 0 Å². The molecule has 16 nitrogen and oxygen atoms in total. The molecule has 5 aliphatic rings. The second-order valence-corrected chi connectivity index (χ2v) is 12.1. The first kappa shape index (κ1) is 32.1. The van der Waals surface area contributed by atoms with Gasteiger partial charge in [0.15, 0.2) is 29.3 Å². The second kappa shape index (κ2) is 13.2. The molecule has 3 saturated heterocycles. The van der Waals surface area contributed by atoms with Crippen molar-refractivity contribution in [3.05, 3.63) is 41.5 Å². The lowest BCUT2D eigenvalue weighted by molar-refractivity contribution is -0.290. The minimum atomic E-state index is -1.72. The Morgan fingerprint density at radius 1 is 0.702 bits per heavy atom. The highest BCUT2D eigenvalue weighted by Crippen LogP contribution is 2.42. The average molecular weight is 665 g/mol. The van der Waals surface area contributed by atoms with Crippen LogP contribution >= 0.6 is 0 Å². The van der Waals surface area contributed by atoms with E-state index in [1.807, 2.05) is 18.2 Å². The van der Waals surface area contributed by atoms with Gasteiger partial charge in [-0.3, -0.25) is 4.79 Å². The standard InChI is InChI=1S/C31H36O16/c32-8-22-24(33)27(36)30(46-22)40-10-23-25(34)26(35)28(37)31(47-23)45-18-7-21-20(43-12-44-21)6-14(18)5-16-15(9-39-29(16)38)3-13-1-2-17-19(4-13)42-11-41-17/h1-2,4,6-7,15-16,22-28,30-37H,3,5,8-12H2/t15-,16+,22-,23+,24-,25+,26-,27+,28+,30+,31+/m0/s1. The van der Waals surface area contributed by atoms with Crippen molar-refractivity contribution in [2.24, 2.45) is 11.8 Å². The van der Waals surface area contributed by atoms with Crippen LogP contribution < -0.4 is 23.7 Å². The molecule has 7 rings (SSSR count). The lowest BCUT2D eigenvalue weighted by atomic mass is 9.84. The molecular formula is C31H36O16. The van der Waals surface area contributed by atoms with E-state index in [-0.39, 0.29) is 44.3 Å². The monoisotopic (exact) mass is 664 g/mol. The number of cyclic esters (lactones) is 1. The molecule has 5 aliphatic heterocycles. The normalized spacial score (nSPS) is 35.7. The van der Waals surface area contributed by atoms with Gasteiger partial charge in [-0.05, 0) is 42.2 Å². The molecule has 5 heterocycles. The summed E-state index contributed by atoms with van der Waals surface area (Å²) in [5.41, 5.74) is 1.46. The van der Waals surface area contributed by atoms with Gasteiger partial charge >= 0.3 is 5.97 Å². The van der Waals surface area contributed by atoms with Crippen LogP contribution in [0.3, 0.4) is 0 Å². The van der Waals surface area contributed by atoms with Gasteiger partial charge in [-0.1, -0.05) is 6.07 Å². The number of rotatable bonds is 10. The van der Waals surface area contributed by atoms with Crippen molar-refractivity contribution in [1.82, 2.24) is 0 Å². The molecular weight excluding hydrogens is 628 g/mol. The Hall–Kier alpha value is -3.45. The van der Waals surface area contributed by atoms with Crippen LogP contribution in [0.25, 0.3) is 0 Å². The Kier molecular flexibility index (Phi) is 9.03. The van der Waals surface area contributed by atoms with E-state index in [9.17, 15) is 35.4 Å². The zero-order chi connectivity index (χ0) is 32.8. The SMILES string of the molecule is O=C1OC[C@H](Cc2ccc3c(c2)OCO3)[C@H]1Cc1cc2c(cc1O[C@@H]1O[C@H](CO[C@@H]3O[C@@H](CO)[C@H](O)[C@H]3O)[C@@H](O)[C@H](O)[C@H]1O)OCO2. The van der Waals surface area contributed by atoms with Crippen molar-refractivity contribution in [1.29, 1.82) is 0 Å². The Labute approximate surface area is 267 Å². The van der Waals surface area contributed by atoms with Gasteiger partial charge in [0.05, 0.1) is 25.7 Å². The molecule has 0 aromatic heterocycles. The first-order valence-corrected chi connectivity index (χ1v) is 15.3. The molecule has 6 N–H and O–H groups in total. The molecule has 256 valence electrons. The van der Waals surface area contributed by atoms with Gasteiger partial charge in [-0.15, -0.1) is 0 Å². The number of aliphatic hydroxyl groups is 6. The maximum atomic E-state index is 13.0. The van der Waals surface area contributed by atoms with E-state index in [0.29, 0.717) is 35.0 Å². The van der Waals surface area contributed by atoms with Crippen LogP contribution in [0.2, 0.25) is 0 Å². The molecule has 47 heavy (non-hydrogen) atoms. The quantitative estimate of drug-likeness (QED) is 0.157. The second-order valence-electron chi connectivity index (χ2n) is 12.1. The molecule has 0 bridgehead atoms. The van der Waals surface area contributed by atoms with E-state index in [2.05, 4.69) is 0 Å². The third-order valence-corrected chi connectivity index (χ3v) is 9.08. The molecule has 0 amide bonds. The molecule has 0 spiro atoms. The van der Waals surface area contributed by atoms with Crippen LogP contribution in [0.15, 0.2) is 30.3 Å². The summed E-state index contributed by atoms with van der Waals surface area (Å²) in [6.45, 7) is -0.678. The van der Waals surface area contributed by atoms with Crippen molar-refractivity contribution in [2.45, 2.75) is 68.1 Å². The van der Waals surface area contributed by atoms with Gasteiger partial charge in [0.1, 0.15) is 48.5 Å². The summed E-state index contributed by atoms with van der Waals surface area (Å²) in [6, 6.07) is 8.82. The molecule has 3 fully saturated rings. The van der Waals surface area contributed by atoms with E-state index in [1.165, 1.54) is 6.07 Å². The predicted molar refractivity (Wildman–Crippen MR) is 151 cm³/mol. The van der Waals surface area contributed by atoms with E-state index < -0.39 is 74.4 Å².